The van der Waals surface area contributed by atoms with E-state index in [2.05, 4.69) is 10.5 Å². The Morgan fingerprint density at radius 2 is 2.08 bits per heavy atom. The number of hydrogen-bond acceptors (Lipinski definition) is 7. The second-order valence-corrected chi connectivity index (χ2v) is 8.16. The molecule has 1 amide bonds. The second-order valence-electron chi connectivity index (χ2n) is 5.30. The molecule has 1 unspecified atom stereocenters. The van der Waals surface area contributed by atoms with Crippen molar-refractivity contribution in [1.82, 2.24) is 5.32 Å². The molecule has 1 heterocycles. The molecule has 7 nitrogen and oxygen atoms in total. The molecule has 9 heteroatoms. The number of nitrogens with one attached hydrogen (secondary N) is 1. The predicted molar refractivity (Wildman–Crippen MR) is 92.4 cm³/mol. The fraction of sp³-hybridized carbons (Fsp3) is 0.467. The van der Waals surface area contributed by atoms with Crippen LogP contribution in [0, 0.1) is 6.92 Å². The van der Waals surface area contributed by atoms with Gasteiger partial charge in [0.2, 0.25) is 5.04 Å². The highest BCUT2D eigenvalue weighted by molar-refractivity contribution is 8.15. The van der Waals surface area contributed by atoms with Crippen molar-refractivity contribution >= 4 is 32.8 Å². The van der Waals surface area contributed by atoms with Gasteiger partial charge in [-0.05, 0) is 31.9 Å². The Kier molecular flexibility index (Phi) is 6.64. The number of aryl methyl sites for hydroxylation is 1. The molecule has 1 fully saturated rings. The fourth-order valence-electron chi connectivity index (χ4n) is 2.02. The number of benzene rings is 1. The van der Waals surface area contributed by atoms with Crippen molar-refractivity contribution in [2.24, 2.45) is 5.16 Å². The molecule has 1 aliphatic heterocycles. The van der Waals surface area contributed by atoms with Gasteiger partial charge in [0.1, 0.15) is 5.25 Å². The zero-order chi connectivity index (χ0) is 17.6. The molecule has 1 aliphatic rings. The minimum Gasteiger partial charge on any atom is -0.380 e. The zero-order valence-corrected chi connectivity index (χ0v) is 15.2. The Labute approximate surface area is 145 Å². The fourth-order valence-corrected chi connectivity index (χ4v) is 3.85. The highest BCUT2D eigenvalue weighted by atomic mass is 32.2. The van der Waals surface area contributed by atoms with Crippen LogP contribution in [0.5, 0.6) is 0 Å². The van der Waals surface area contributed by atoms with Crippen molar-refractivity contribution in [3.8, 4) is 0 Å². The molecule has 0 aromatic heterocycles. The summed E-state index contributed by atoms with van der Waals surface area (Å²) in [5.41, 5.74) is 1.08. The topological polar surface area (TPSA) is 94.1 Å². The summed E-state index contributed by atoms with van der Waals surface area (Å²) in [6, 6.07) is 7.42. The van der Waals surface area contributed by atoms with Gasteiger partial charge >= 0.3 is 10.1 Å². The van der Waals surface area contributed by atoms with Crippen molar-refractivity contribution < 1.29 is 22.2 Å². The van der Waals surface area contributed by atoms with Gasteiger partial charge in [-0.2, -0.15) is 8.42 Å². The van der Waals surface area contributed by atoms with Crippen molar-refractivity contribution in [1.29, 1.82) is 0 Å². The summed E-state index contributed by atoms with van der Waals surface area (Å²) < 4.78 is 34.2. The lowest BCUT2D eigenvalue weighted by Crippen LogP contribution is -2.32. The first-order valence-corrected chi connectivity index (χ1v) is 9.76. The molecule has 24 heavy (non-hydrogen) atoms. The molecule has 0 saturated carbocycles. The summed E-state index contributed by atoms with van der Waals surface area (Å²) in [7, 11) is -2.48. The molecule has 1 atom stereocenters. The van der Waals surface area contributed by atoms with Gasteiger partial charge in [-0.1, -0.05) is 34.6 Å². The van der Waals surface area contributed by atoms with E-state index in [0.29, 0.717) is 19.4 Å². The highest BCUT2D eigenvalue weighted by Gasteiger charge is 2.30. The van der Waals surface area contributed by atoms with E-state index in [1.165, 1.54) is 7.05 Å². The number of carbonyl (C=O) groups excluding carboxylic acids is 1. The van der Waals surface area contributed by atoms with Crippen LogP contribution in [0.25, 0.3) is 0 Å². The maximum absolute atomic E-state index is 12.1. The van der Waals surface area contributed by atoms with Crippen molar-refractivity contribution in [3.63, 3.8) is 0 Å². The van der Waals surface area contributed by atoms with Gasteiger partial charge in [-0.15, -0.1) is 0 Å². The van der Waals surface area contributed by atoms with E-state index in [4.69, 9.17) is 9.02 Å². The summed E-state index contributed by atoms with van der Waals surface area (Å²) in [5, 5.41) is 5.16. The summed E-state index contributed by atoms with van der Waals surface area (Å²) in [4.78, 5) is 12.7. The van der Waals surface area contributed by atoms with Crippen LogP contribution in [0.4, 0.5) is 0 Å². The molecule has 0 radical (unpaired) electrons. The van der Waals surface area contributed by atoms with Gasteiger partial charge in [0, 0.05) is 18.6 Å². The third kappa shape index (κ3) is 5.22. The zero-order valence-electron chi connectivity index (χ0n) is 13.5. The van der Waals surface area contributed by atoms with E-state index in [0.717, 1.165) is 22.2 Å². The number of rotatable bonds is 4. The standard InChI is InChI=1S/C15H20N2O5S2/c1-11-5-7-12(8-6-11)23-15(14(18)16-2)17-22-24(19,20)13-4-3-9-21-10-13/h5-8,13H,3-4,9-10H2,1-2H3,(H,16,18)/b17-15-. The molecular weight excluding hydrogens is 352 g/mol. The average Bonchev–Trinajstić information content (AvgIpc) is 2.60. The molecule has 0 aliphatic carbocycles. The quantitative estimate of drug-likeness (QED) is 0.374. The van der Waals surface area contributed by atoms with Gasteiger partial charge in [-0.3, -0.25) is 9.08 Å². The van der Waals surface area contributed by atoms with Crippen LogP contribution in [0.2, 0.25) is 0 Å². The number of ether oxygens (including phenoxy) is 1. The number of carbonyl (C=O) groups is 1. The van der Waals surface area contributed by atoms with Gasteiger partial charge in [0.25, 0.3) is 5.91 Å². The van der Waals surface area contributed by atoms with Crippen LogP contribution in [-0.2, 0) is 23.9 Å². The summed E-state index contributed by atoms with van der Waals surface area (Å²) >= 11 is 1.03. The minimum atomic E-state index is -3.92. The highest BCUT2D eigenvalue weighted by Crippen LogP contribution is 2.22. The molecule has 0 spiro atoms. The molecule has 2 rings (SSSR count). The Balaban J connectivity index is 2.13. The number of thioether (sulfide) groups is 1. The molecule has 1 saturated heterocycles. The monoisotopic (exact) mass is 372 g/mol. The number of hydrogen-bond donors (Lipinski definition) is 1. The van der Waals surface area contributed by atoms with Gasteiger partial charge in [-0.25, -0.2) is 0 Å². The van der Waals surface area contributed by atoms with E-state index >= 15 is 0 Å². The van der Waals surface area contributed by atoms with Crippen LogP contribution < -0.4 is 5.32 Å². The number of nitrogens with zero attached hydrogens (tertiary/aromatic N) is 1. The first kappa shape index (κ1) is 18.8. The van der Waals surface area contributed by atoms with Crippen LogP contribution in [-0.4, -0.2) is 44.9 Å². The molecule has 1 N–H and O–H groups in total. The number of oxime groups is 1. The van der Waals surface area contributed by atoms with Gasteiger partial charge < -0.3 is 10.1 Å². The Morgan fingerprint density at radius 1 is 1.38 bits per heavy atom. The van der Waals surface area contributed by atoms with Gasteiger partial charge in [0.15, 0.2) is 0 Å². The predicted octanol–water partition coefficient (Wildman–Crippen LogP) is 1.67. The minimum absolute atomic E-state index is 0.0816. The smallest absolute Gasteiger partial charge is 0.333 e. The maximum atomic E-state index is 12.1. The first-order valence-electron chi connectivity index (χ1n) is 7.47. The van der Waals surface area contributed by atoms with Crippen LogP contribution in [0.3, 0.4) is 0 Å². The SMILES string of the molecule is CNC(=O)/C(=N/OS(=O)(=O)C1CCCOC1)Sc1ccc(C)cc1. The van der Waals surface area contributed by atoms with E-state index in [-0.39, 0.29) is 11.7 Å². The molecule has 1 aromatic carbocycles. The van der Waals surface area contributed by atoms with Crippen molar-refractivity contribution in [2.45, 2.75) is 29.9 Å². The lowest BCUT2D eigenvalue weighted by atomic mass is 10.2. The molecule has 1 aromatic rings. The Hall–Kier alpha value is -1.58. The average molecular weight is 372 g/mol. The van der Waals surface area contributed by atoms with Crippen LogP contribution in [0.15, 0.2) is 34.3 Å². The van der Waals surface area contributed by atoms with Crippen LogP contribution >= 0.6 is 11.8 Å². The van der Waals surface area contributed by atoms with Crippen LogP contribution in [0.1, 0.15) is 18.4 Å². The third-order valence-corrected chi connectivity index (χ3v) is 5.84. The van der Waals surface area contributed by atoms with Crippen molar-refractivity contribution in [2.75, 3.05) is 20.3 Å². The summed E-state index contributed by atoms with van der Waals surface area (Å²) in [5.74, 6) is -0.518. The normalized spacial score (nSPS) is 18.9. The molecule has 0 bridgehead atoms. The lowest BCUT2D eigenvalue weighted by molar-refractivity contribution is -0.114. The van der Waals surface area contributed by atoms with E-state index < -0.39 is 21.3 Å². The first-order chi connectivity index (χ1) is 11.4. The van der Waals surface area contributed by atoms with Gasteiger partial charge in [0.05, 0.1) is 6.61 Å². The second kappa shape index (κ2) is 8.50. The van der Waals surface area contributed by atoms with E-state index in [1.54, 1.807) is 0 Å². The lowest BCUT2D eigenvalue weighted by Gasteiger charge is -2.20. The number of amides is 1. The molecular formula is C15H20N2O5S2. The van der Waals surface area contributed by atoms with E-state index in [9.17, 15) is 13.2 Å². The summed E-state index contributed by atoms with van der Waals surface area (Å²) in [6.45, 7) is 2.57. The maximum Gasteiger partial charge on any atom is 0.333 e. The Morgan fingerprint density at radius 3 is 2.67 bits per heavy atom. The molecule has 132 valence electrons. The Bertz CT molecular complexity index is 695. The largest absolute Gasteiger partial charge is 0.380 e. The third-order valence-electron chi connectivity index (χ3n) is 3.41. The van der Waals surface area contributed by atoms with Crippen molar-refractivity contribution in [3.05, 3.63) is 29.8 Å². The summed E-state index contributed by atoms with van der Waals surface area (Å²) in [6.07, 6.45) is 1.11. The van der Waals surface area contributed by atoms with E-state index in [1.807, 2.05) is 31.2 Å².